The van der Waals surface area contributed by atoms with Crippen LogP contribution in [0.5, 0.6) is 0 Å². The molecule has 30 heavy (non-hydrogen) atoms. The van der Waals surface area contributed by atoms with Crippen LogP contribution in [-0.4, -0.2) is 48.8 Å². The highest BCUT2D eigenvalue weighted by molar-refractivity contribution is 7.90. The molecule has 6 nitrogen and oxygen atoms in total. The minimum Gasteiger partial charge on any atom is -0.464 e. The number of anilines is 1. The molecule has 1 N–H and O–H groups in total. The molecule has 0 spiro atoms. The van der Waals surface area contributed by atoms with Crippen molar-refractivity contribution in [3.05, 3.63) is 36.1 Å². The molecule has 7 heteroatoms. The van der Waals surface area contributed by atoms with E-state index in [1.165, 1.54) is 35.7 Å². The predicted molar refractivity (Wildman–Crippen MR) is 123 cm³/mol. The van der Waals surface area contributed by atoms with Crippen LogP contribution in [0.4, 0.5) is 5.69 Å². The summed E-state index contributed by atoms with van der Waals surface area (Å²) in [6.45, 7) is 9.73. The van der Waals surface area contributed by atoms with Crippen LogP contribution >= 0.6 is 0 Å². The Labute approximate surface area is 180 Å². The zero-order chi connectivity index (χ0) is 21.5. The summed E-state index contributed by atoms with van der Waals surface area (Å²) in [4.78, 5) is 2.57. The minimum atomic E-state index is -3.65. The second kappa shape index (κ2) is 8.36. The molecular weight excluding hydrogens is 398 g/mol. The summed E-state index contributed by atoms with van der Waals surface area (Å²) < 4.78 is 36.0. The van der Waals surface area contributed by atoms with E-state index < -0.39 is 10.2 Å². The molecule has 0 radical (unpaired) electrons. The van der Waals surface area contributed by atoms with Crippen molar-refractivity contribution in [2.45, 2.75) is 71.5 Å². The van der Waals surface area contributed by atoms with Crippen molar-refractivity contribution in [2.75, 3.05) is 17.8 Å². The molecule has 0 aliphatic carbocycles. The molecule has 1 fully saturated rings. The lowest BCUT2D eigenvalue weighted by Gasteiger charge is -2.38. The van der Waals surface area contributed by atoms with Crippen LogP contribution in [0.3, 0.4) is 0 Å². The number of nitrogens with zero attached hydrogens (tertiary/aromatic N) is 2. The second-order valence-corrected chi connectivity index (χ2v) is 10.6. The topological polar surface area (TPSA) is 65.8 Å². The van der Waals surface area contributed by atoms with Gasteiger partial charge in [-0.1, -0.05) is 12.5 Å². The van der Waals surface area contributed by atoms with Gasteiger partial charge in [-0.15, -0.1) is 0 Å². The second-order valence-electron chi connectivity index (χ2n) is 9.06. The largest absolute Gasteiger partial charge is 0.464 e. The Morgan fingerprint density at radius 2 is 1.93 bits per heavy atom. The zero-order valence-corrected chi connectivity index (χ0v) is 19.2. The molecule has 1 aromatic carbocycles. The molecule has 1 aromatic heterocycles. The normalized spacial score (nSPS) is 20.8. The first-order valence-corrected chi connectivity index (χ1v) is 12.5. The van der Waals surface area contributed by atoms with Gasteiger partial charge in [0, 0.05) is 35.6 Å². The smallest absolute Gasteiger partial charge is 0.302 e. The Balaban J connectivity index is 1.63. The summed E-state index contributed by atoms with van der Waals surface area (Å²) >= 11 is 0. The summed E-state index contributed by atoms with van der Waals surface area (Å²) in [7, 11) is -3.65. The van der Waals surface area contributed by atoms with Crippen LogP contribution in [0.15, 0.2) is 35.0 Å². The first-order valence-electron chi connectivity index (χ1n) is 11.0. The third-order valence-electron chi connectivity index (χ3n) is 6.24. The number of fused-ring (bicyclic) bond motifs is 2. The molecule has 0 bridgehead atoms. The Kier molecular flexibility index (Phi) is 5.97. The molecule has 0 amide bonds. The Morgan fingerprint density at radius 3 is 2.67 bits per heavy atom. The lowest BCUT2D eigenvalue weighted by Crippen LogP contribution is -2.45. The molecule has 0 saturated carbocycles. The highest BCUT2D eigenvalue weighted by Crippen LogP contribution is 2.36. The van der Waals surface area contributed by atoms with E-state index in [9.17, 15) is 8.42 Å². The monoisotopic (exact) mass is 431 g/mol. The average Bonchev–Trinajstić information content (AvgIpc) is 3.09. The third-order valence-corrected chi connectivity index (χ3v) is 8.13. The molecular formula is C23H33N3O3S. The van der Waals surface area contributed by atoms with Crippen molar-refractivity contribution < 1.29 is 12.8 Å². The highest BCUT2D eigenvalue weighted by atomic mass is 32.2. The quantitative estimate of drug-likeness (QED) is 0.710. The van der Waals surface area contributed by atoms with Crippen molar-refractivity contribution in [3.8, 4) is 0 Å². The Morgan fingerprint density at radius 1 is 1.17 bits per heavy atom. The molecule has 1 unspecified atom stereocenters. The maximum absolute atomic E-state index is 13.0. The molecule has 1 saturated heterocycles. The standard InChI is InChI=1S/C23H33N3O3S/c1-16(2)26(17(3)4)30(27,28)24-19-8-9-23-21(14-19)22(15-29-23)18-10-12-25-11-6-5-7-20(25)13-18/h8-10,14-17,20,24H,5-7,11-13H2,1-4H3. The molecule has 2 aromatic rings. The fourth-order valence-corrected chi connectivity index (χ4v) is 6.65. The van der Waals surface area contributed by atoms with Gasteiger partial charge in [0.05, 0.1) is 12.0 Å². The van der Waals surface area contributed by atoms with Gasteiger partial charge in [0.1, 0.15) is 5.58 Å². The lowest BCUT2D eigenvalue weighted by atomic mass is 9.89. The molecule has 1 atom stereocenters. The van der Waals surface area contributed by atoms with E-state index in [1.807, 2.05) is 46.1 Å². The van der Waals surface area contributed by atoms with Crippen LogP contribution < -0.4 is 4.72 Å². The van der Waals surface area contributed by atoms with E-state index in [0.29, 0.717) is 11.7 Å². The average molecular weight is 432 g/mol. The fourth-order valence-electron chi connectivity index (χ4n) is 5.01. The van der Waals surface area contributed by atoms with E-state index in [0.717, 1.165) is 29.5 Å². The van der Waals surface area contributed by atoms with Crippen molar-refractivity contribution in [2.24, 2.45) is 0 Å². The summed E-state index contributed by atoms with van der Waals surface area (Å²) in [5, 5.41) is 0.964. The molecule has 4 rings (SSSR count). The van der Waals surface area contributed by atoms with E-state index in [2.05, 4.69) is 15.7 Å². The van der Waals surface area contributed by atoms with Crippen molar-refractivity contribution in [1.29, 1.82) is 0 Å². The molecule has 164 valence electrons. The first-order chi connectivity index (χ1) is 14.3. The summed E-state index contributed by atoms with van der Waals surface area (Å²) in [5.41, 5.74) is 3.74. The molecule has 2 aliphatic heterocycles. The number of hydrogen-bond donors (Lipinski definition) is 1. The summed E-state index contributed by atoms with van der Waals surface area (Å²) in [6.07, 6.45) is 9.00. The van der Waals surface area contributed by atoms with Gasteiger partial charge in [0.2, 0.25) is 0 Å². The molecule has 2 aliphatic rings. The SMILES string of the molecule is CC(C)N(C(C)C)S(=O)(=O)Nc1ccc2occ(C3=CCN4CCCCC4C3)c2c1. The summed E-state index contributed by atoms with van der Waals surface area (Å²) in [6, 6.07) is 5.88. The van der Waals surface area contributed by atoms with E-state index in [-0.39, 0.29) is 12.1 Å². The van der Waals surface area contributed by atoms with E-state index in [4.69, 9.17) is 4.42 Å². The van der Waals surface area contributed by atoms with Gasteiger partial charge >= 0.3 is 10.2 Å². The summed E-state index contributed by atoms with van der Waals surface area (Å²) in [5.74, 6) is 0. The van der Waals surface area contributed by atoms with Crippen molar-refractivity contribution in [3.63, 3.8) is 0 Å². The van der Waals surface area contributed by atoms with Crippen LogP contribution in [0, 0.1) is 0 Å². The van der Waals surface area contributed by atoms with E-state index in [1.54, 1.807) is 6.07 Å². The number of piperidine rings is 1. The van der Waals surface area contributed by atoms with Crippen LogP contribution in [0.25, 0.3) is 16.5 Å². The first kappa shape index (κ1) is 21.4. The fraction of sp³-hybridized carbons (Fsp3) is 0.565. The van der Waals surface area contributed by atoms with Gasteiger partial charge in [0.25, 0.3) is 0 Å². The van der Waals surface area contributed by atoms with Crippen LogP contribution in [0.2, 0.25) is 0 Å². The van der Waals surface area contributed by atoms with Crippen molar-refractivity contribution in [1.82, 2.24) is 9.21 Å². The highest BCUT2D eigenvalue weighted by Gasteiger charge is 2.29. The maximum Gasteiger partial charge on any atom is 0.302 e. The van der Waals surface area contributed by atoms with E-state index >= 15 is 0 Å². The maximum atomic E-state index is 13.0. The van der Waals surface area contributed by atoms with Crippen LogP contribution in [0.1, 0.15) is 58.9 Å². The van der Waals surface area contributed by atoms with Gasteiger partial charge < -0.3 is 4.42 Å². The number of furan rings is 1. The third kappa shape index (κ3) is 4.15. The van der Waals surface area contributed by atoms with Gasteiger partial charge in [0.15, 0.2) is 0 Å². The predicted octanol–water partition coefficient (Wildman–Crippen LogP) is 4.85. The number of hydrogen-bond acceptors (Lipinski definition) is 4. The van der Waals surface area contributed by atoms with Crippen LogP contribution in [-0.2, 0) is 10.2 Å². The van der Waals surface area contributed by atoms with Gasteiger partial charge in [-0.25, -0.2) is 0 Å². The molecule has 3 heterocycles. The number of benzene rings is 1. The van der Waals surface area contributed by atoms with Gasteiger partial charge in [-0.05, 0) is 77.3 Å². The van der Waals surface area contributed by atoms with Gasteiger partial charge in [-0.3, -0.25) is 9.62 Å². The Hall–Kier alpha value is -1.83. The van der Waals surface area contributed by atoms with Crippen molar-refractivity contribution >= 4 is 32.4 Å². The van der Waals surface area contributed by atoms with Gasteiger partial charge in [-0.2, -0.15) is 12.7 Å². The number of nitrogens with one attached hydrogen (secondary N) is 1. The zero-order valence-electron chi connectivity index (χ0n) is 18.4. The minimum absolute atomic E-state index is 0.124. The number of rotatable bonds is 6. The Bertz CT molecular complexity index is 1030. The lowest BCUT2D eigenvalue weighted by molar-refractivity contribution is 0.161.